The molecule has 3 nitrogen and oxygen atoms in total. The van der Waals surface area contributed by atoms with Crippen molar-refractivity contribution >= 4 is 33.8 Å². The molecule has 1 aromatic carbocycles. The predicted octanol–water partition coefficient (Wildman–Crippen LogP) is 3.35. The molecule has 0 saturated heterocycles. The molecule has 1 aromatic heterocycles. The standard InChI is InChI=1S/C16H21N3S/c1-4-19(10-11(2)3)15-12-7-5-6-8-14(12)18-9-13(15)16(17)20/h5-9,11H,4,10H2,1-3H3,(H2,17,20). The number of hydrogen-bond acceptors (Lipinski definition) is 3. The third kappa shape index (κ3) is 2.90. The Balaban J connectivity index is 2.68. The minimum absolute atomic E-state index is 0.403. The van der Waals surface area contributed by atoms with Crippen LogP contribution in [-0.4, -0.2) is 23.1 Å². The van der Waals surface area contributed by atoms with Crippen molar-refractivity contribution in [1.29, 1.82) is 0 Å². The number of thiocarbonyl (C=S) groups is 1. The normalized spacial score (nSPS) is 11.0. The van der Waals surface area contributed by atoms with Crippen molar-refractivity contribution in [2.75, 3.05) is 18.0 Å². The lowest BCUT2D eigenvalue weighted by atomic mass is 10.1. The summed E-state index contributed by atoms with van der Waals surface area (Å²) in [5.74, 6) is 0.570. The molecule has 0 atom stereocenters. The summed E-state index contributed by atoms with van der Waals surface area (Å²) in [7, 11) is 0. The zero-order chi connectivity index (χ0) is 14.7. The van der Waals surface area contributed by atoms with E-state index in [0.29, 0.717) is 10.9 Å². The maximum Gasteiger partial charge on any atom is 0.107 e. The van der Waals surface area contributed by atoms with Gasteiger partial charge >= 0.3 is 0 Å². The van der Waals surface area contributed by atoms with Crippen LogP contribution in [0.4, 0.5) is 5.69 Å². The monoisotopic (exact) mass is 287 g/mol. The molecule has 0 spiro atoms. The van der Waals surface area contributed by atoms with Crippen LogP contribution >= 0.6 is 12.2 Å². The van der Waals surface area contributed by atoms with E-state index >= 15 is 0 Å². The Morgan fingerprint density at radius 3 is 2.65 bits per heavy atom. The molecule has 4 heteroatoms. The minimum Gasteiger partial charge on any atom is -0.389 e. The number of aromatic nitrogens is 1. The van der Waals surface area contributed by atoms with Gasteiger partial charge in [0, 0.05) is 24.7 Å². The number of benzene rings is 1. The highest BCUT2D eigenvalue weighted by molar-refractivity contribution is 7.80. The summed E-state index contributed by atoms with van der Waals surface area (Å²) in [6, 6.07) is 8.13. The van der Waals surface area contributed by atoms with Crippen LogP contribution in [0.25, 0.3) is 10.9 Å². The van der Waals surface area contributed by atoms with Gasteiger partial charge in [0.05, 0.1) is 16.8 Å². The number of fused-ring (bicyclic) bond motifs is 1. The number of nitrogens with two attached hydrogens (primary N) is 1. The Morgan fingerprint density at radius 1 is 1.35 bits per heavy atom. The number of rotatable bonds is 5. The fourth-order valence-electron chi connectivity index (χ4n) is 2.47. The molecule has 0 unspecified atom stereocenters. The van der Waals surface area contributed by atoms with Crippen LogP contribution in [0.3, 0.4) is 0 Å². The second-order valence-electron chi connectivity index (χ2n) is 5.33. The lowest BCUT2D eigenvalue weighted by Gasteiger charge is -2.28. The molecule has 0 aliphatic rings. The van der Waals surface area contributed by atoms with Gasteiger partial charge in [-0.05, 0) is 18.9 Å². The molecule has 2 N–H and O–H groups in total. The van der Waals surface area contributed by atoms with Crippen LogP contribution < -0.4 is 10.6 Å². The quantitative estimate of drug-likeness (QED) is 0.856. The van der Waals surface area contributed by atoms with Gasteiger partial charge in [0.15, 0.2) is 0 Å². The predicted molar refractivity (Wildman–Crippen MR) is 90.4 cm³/mol. The molecule has 0 aliphatic heterocycles. The Labute approximate surface area is 125 Å². The number of pyridine rings is 1. The van der Waals surface area contributed by atoms with E-state index in [1.54, 1.807) is 6.20 Å². The second kappa shape index (κ2) is 6.18. The van der Waals surface area contributed by atoms with Gasteiger partial charge in [-0.2, -0.15) is 0 Å². The van der Waals surface area contributed by atoms with Crippen molar-refractivity contribution in [3.63, 3.8) is 0 Å². The first-order valence-electron chi connectivity index (χ1n) is 6.97. The molecule has 106 valence electrons. The topological polar surface area (TPSA) is 42.1 Å². The van der Waals surface area contributed by atoms with Crippen LogP contribution in [0, 0.1) is 5.92 Å². The van der Waals surface area contributed by atoms with Gasteiger partial charge in [0.1, 0.15) is 4.99 Å². The highest BCUT2D eigenvalue weighted by Crippen LogP contribution is 2.30. The molecule has 2 rings (SSSR count). The minimum atomic E-state index is 0.403. The van der Waals surface area contributed by atoms with E-state index in [2.05, 4.69) is 36.7 Å². The summed E-state index contributed by atoms with van der Waals surface area (Å²) in [4.78, 5) is 7.20. The maximum absolute atomic E-state index is 5.89. The lowest BCUT2D eigenvalue weighted by Crippen LogP contribution is -2.30. The molecular weight excluding hydrogens is 266 g/mol. The zero-order valence-electron chi connectivity index (χ0n) is 12.3. The fraction of sp³-hybridized carbons (Fsp3) is 0.375. The third-order valence-corrected chi connectivity index (χ3v) is 3.52. The largest absolute Gasteiger partial charge is 0.389 e. The van der Waals surface area contributed by atoms with Gasteiger partial charge in [0.2, 0.25) is 0 Å². The van der Waals surface area contributed by atoms with Gasteiger partial charge in [-0.1, -0.05) is 44.3 Å². The summed E-state index contributed by atoms with van der Waals surface area (Å²) < 4.78 is 0. The van der Waals surface area contributed by atoms with Crippen LogP contribution in [0.1, 0.15) is 26.3 Å². The van der Waals surface area contributed by atoms with E-state index in [9.17, 15) is 0 Å². The summed E-state index contributed by atoms with van der Waals surface area (Å²) in [6.07, 6.45) is 1.79. The van der Waals surface area contributed by atoms with Crippen molar-refractivity contribution in [2.45, 2.75) is 20.8 Å². The van der Waals surface area contributed by atoms with Gasteiger partial charge in [-0.25, -0.2) is 0 Å². The van der Waals surface area contributed by atoms with Crippen molar-refractivity contribution in [3.05, 3.63) is 36.0 Å². The van der Waals surface area contributed by atoms with Gasteiger partial charge < -0.3 is 10.6 Å². The molecule has 0 fully saturated rings. The van der Waals surface area contributed by atoms with Crippen LogP contribution in [-0.2, 0) is 0 Å². The Morgan fingerprint density at radius 2 is 2.05 bits per heavy atom. The highest BCUT2D eigenvalue weighted by atomic mass is 32.1. The van der Waals surface area contributed by atoms with Crippen LogP contribution in [0.2, 0.25) is 0 Å². The van der Waals surface area contributed by atoms with Crippen LogP contribution in [0.5, 0.6) is 0 Å². The summed E-state index contributed by atoms with van der Waals surface area (Å²) in [5.41, 5.74) is 8.84. The van der Waals surface area contributed by atoms with Crippen molar-refractivity contribution in [2.24, 2.45) is 11.7 Å². The molecular formula is C16H21N3S. The SMILES string of the molecule is CCN(CC(C)C)c1c(C(N)=S)cnc2ccccc12. The molecule has 0 amide bonds. The van der Waals surface area contributed by atoms with Gasteiger partial charge in [-0.3, -0.25) is 4.98 Å². The summed E-state index contributed by atoms with van der Waals surface area (Å²) in [5, 5.41) is 1.11. The molecule has 0 saturated carbocycles. The zero-order valence-corrected chi connectivity index (χ0v) is 13.1. The molecule has 0 bridgehead atoms. The summed E-state index contributed by atoms with van der Waals surface area (Å²) in [6.45, 7) is 8.47. The van der Waals surface area contributed by atoms with Crippen LogP contribution in [0.15, 0.2) is 30.5 Å². The Bertz CT molecular complexity index is 622. The van der Waals surface area contributed by atoms with E-state index in [4.69, 9.17) is 18.0 Å². The second-order valence-corrected chi connectivity index (χ2v) is 5.77. The maximum atomic E-state index is 5.89. The van der Waals surface area contributed by atoms with E-state index in [1.165, 1.54) is 0 Å². The first-order valence-corrected chi connectivity index (χ1v) is 7.37. The molecule has 1 heterocycles. The average molecular weight is 287 g/mol. The highest BCUT2D eigenvalue weighted by Gasteiger charge is 2.17. The van der Waals surface area contributed by atoms with E-state index < -0.39 is 0 Å². The van der Waals surface area contributed by atoms with E-state index in [1.807, 2.05) is 18.2 Å². The first kappa shape index (κ1) is 14.7. The average Bonchev–Trinajstić information content (AvgIpc) is 2.43. The van der Waals surface area contributed by atoms with Gasteiger partial charge in [0.25, 0.3) is 0 Å². The number of hydrogen-bond donors (Lipinski definition) is 1. The van der Waals surface area contributed by atoms with E-state index in [0.717, 1.165) is 35.2 Å². The molecule has 0 radical (unpaired) electrons. The van der Waals surface area contributed by atoms with Crippen molar-refractivity contribution in [1.82, 2.24) is 4.98 Å². The Kier molecular flexibility index (Phi) is 4.55. The molecule has 20 heavy (non-hydrogen) atoms. The van der Waals surface area contributed by atoms with Gasteiger partial charge in [-0.15, -0.1) is 0 Å². The lowest BCUT2D eigenvalue weighted by molar-refractivity contribution is 0.619. The van der Waals surface area contributed by atoms with Crippen molar-refractivity contribution in [3.8, 4) is 0 Å². The Hall–Kier alpha value is -1.68. The summed E-state index contributed by atoms with van der Waals surface area (Å²) >= 11 is 5.20. The number of anilines is 1. The number of para-hydroxylation sites is 1. The third-order valence-electron chi connectivity index (χ3n) is 3.30. The number of nitrogens with zero attached hydrogens (tertiary/aromatic N) is 2. The molecule has 0 aliphatic carbocycles. The smallest absolute Gasteiger partial charge is 0.107 e. The molecule has 2 aromatic rings. The van der Waals surface area contributed by atoms with Crippen molar-refractivity contribution < 1.29 is 0 Å². The van der Waals surface area contributed by atoms with E-state index in [-0.39, 0.29) is 0 Å². The fourth-order valence-corrected chi connectivity index (χ4v) is 2.62. The first-order chi connectivity index (χ1) is 9.54.